The smallest absolute Gasteiger partial charge is 0.286 e. The molecule has 10 nitrogen and oxygen atoms in total. The fourth-order valence-electron chi connectivity index (χ4n) is 3.62. The number of amides is 1. The molecule has 2 aromatic carbocycles. The second-order valence-electron chi connectivity index (χ2n) is 7.42. The largest absolute Gasteiger partial charge is 0.493 e. The number of nitro benzene ring substituents is 1. The Balaban J connectivity index is 1.78. The fourth-order valence-corrected chi connectivity index (χ4v) is 4.93. The van der Waals surface area contributed by atoms with Gasteiger partial charge >= 0.3 is 0 Å². The number of carbonyl (C=O) groups excluding carboxylic acids is 1. The lowest BCUT2D eigenvalue weighted by atomic mass is 9.96. The number of benzene rings is 2. The summed E-state index contributed by atoms with van der Waals surface area (Å²) in [5.41, 5.74) is -0.380. The number of carbonyl (C=O) groups is 1. The Bertz CT molecular complexity index is 1100. The van der Waals surface area contributed by atoms with Crippen molar-refractivity contribution in [3.63, 3.8) is 0 Å². The molecule has 172 valence electrons. The molecule has 0 spiro atoms. The molecule has 1 amide bonds. The van der Waals surface area contributed by atoms with Crippen molar-refractivity contribution in [3.8, 4) is 11.5 Å². The maximum absolute atomic E-state index is 12.7. The lowest BCUT2D eigenvalue weighted by Gasteiger charge is -2.22. The van der Waals surface area contributed by atoms with Crippen LogP contribution in [0.2, 0.25) is 0 Å². The molecule has 0 unspecified atom stereocenters. The van der Waals surface area contributed by atoms with Gasteiger partial charge in [-0.1, -0.05) is 19.3 Å². The minimum absolute atomic E-state index is 0.0706. The summed E-state index contributed by atoms with van der Waals surface area (Å²) in [4.78, 5) is 23.5. The van der Waals surface area contributed by atoms with E-state index in [1.807, 2.05) is 0 Å². The van der Waals surface area contributed by atoms with Gasteiger partial charge < -0.3 is 14.8 Å². The Hall–Kier alpha value is -3.18. The highest BCUT2D eigenvalue weighted by Crippen LogP contribution is 2.35. The van der Waals surface area contributed by atoms with Gasteiger partial charge in [-0.05, 0) is 37.1 Å². The quantitative estimate of drug-likeness (QED) is 0.452. The van der Waals surface area contributed by atoms with Crippen LogP contribution in [0.15, 0.2) is 41.3 Å². The Morgan fingerprint density at radius 3 is 2.19 bits per heavy atom. The molecule has 2 aromatic rings. The van der Waals surface area contributed by atoms with Gasteiger partial charge in [0.05, 0.1) is 30.1 Å². The molecule has 0 aliphatic heterocycles. The Morgan fingerprint density at radius 1 is 1.03 bits per heavy atom. The minimum atomic E-state index is -3.67. The summed E-state index contributed by atoms with van der Waals surface area (Å²) in [7, 11) is -0.988. The molecule has 0 aromatic heterocycles. The first-order valence-corrected chi connectivity index (χ1v) is 11.6. The van der Waals surface area contributed by atoms with Gasteiger partial charge in [-0.3, -0.25) is 14.9 Å². The molecular weight excluding hydrogens is 438 g/mol. The van der Waals surface area contributed by atoms with E-state index in [9.17, 15) is 23.3 Å². The van der Waals surface area contributed by atoms with E-state index in [-0.39, 0.29) is 33.7 Å². The fraction of sp³-hybridized carbons (Fsp3) is 0.381. The van der Waals surface area contributed by atoms with Crippen LogP contribution in [-0.2, 0) is 10.0 Å². The van der Waals surface area contributed by atoms with E-state index >= 15 is 0 Å². The van der Waals surface area contributed by atoms with Crippen LogP contribution in [0.3, 0.4) is 0 Å². The predicted octanol–water partition coefficient (Wildman–Crippen LogP) is 3.48. The number of rotatable bonds is 8. The molecule has 1 fully saturated rings. The molecule has 0 atom stereocenters. The normalized spacial score (nSPS) is 14.6. The molecule has 2 N–H and O–H groups in total. The van der Waals surface area contributed by atoms with Gasteiger partial charge in [0.25, 0.3) is 11.6 Å². The monoisotopic (exact) mass is 463 g/mol. The number of nitrogens with zero attached hydrogens (tertiary/aromatic N) is 1. The van der Waals surface area contributed by atoms with E-state index in [4.69, 9.17) is 9.47 Å². The molecule has 1 saturated carbocycles. The van der Waals surface area contributed by atoms with Crippen molar-refractivity contribution in [3.05, 3.63) is 52.1 Å². The molecule has 11 heteroatoms. The van der Waals surface area contributed by atoms with E-state index in [0.717, 1.165) is 38.2 Å². The second kappa shape index (κ2) is 9.96. The number of nitro groups is 1. The minimum Gasteiger partial charge on any atom is -0.493 e. The van der Waals surface area contributed by atoms with Gasteiger partial charge in [0.1, 0.15) is 5.56 Å². The average Bonchev–Trinajstić information content (AvgIpc) is 2.78. The molecule has 0 saturated heterocycles. The summed E-state index contributed by atoms with van der Waals surface area (Å²) in [5, 5.41) is 14.0. The maximum Gasteiger partial charge on any atom is 0.286 e. The number of hydrogen-bond acceptors (Lipinski definition) is 7. The molecule has 32 heavy (non-hydrogen) atoms. The summed E-state index contributed by atoms with van der Waals surface area (Å²) >= 11 is 0. The zero-order valence-corrected chi connectivity index (χ0v) is 18.6. The van der Waals surface area contributed by atoms with Crippen molar-refractivity contribution >= 4 is 27.3 Å². The van der Waals surface area contributed by atoms with E-state index in [0.29, 0.717) is 0 Å². The summed E-state index contributed by atoms with van der Waals surface area (Å²) < 4.78 is 38.1. The highest BCUT2D eigenvalue weighted by atomic mass is 32.2. The van der Waals surface area contributed by atoms with Crippen LogP contribution in [0.4, 0.5) is 11.4 Å². The molecule has 0 heterocycles. The predicted molar refractivity (Wildman–Crippen MR) is 118 cm³/mol. The number of ether oxygens (including phenoxy) is 2. The van der Waals surface area contributed by atoms with Crippen LogP contribution in [0.25, 0.3) is 0 Å². The van der Waals surface area contributed by atoms with E-state index in [1.165, 1.54) is 44.6 Å². The number of anilines is 1. The second-order valence-corrected chi connectivity index (χ2v) is 9.13. The third-order valence-corrected chi connectivity index (χ3v) is 6.83. The lowest BCUT2D eigenvalue weighted by molar-refractivity contribution is -0.385. The zero-order chi connectivity index (χ0) is 23.3. The third kappa shape index (κ3) is 5.35. The number of sulfonamides is 1. The Morgan fingerprint density at radius 2 is 1.62 bits per heavy atom. The van der Waals surface area contributed by atoms with Gasteiger partial charge in [0.15, 0.2) is 11.5 Å². The molecule has 0 radical (unpaired) electrons. The van der Waals surface area contributed by atoms with E-state index in [1.54, 1.807) is 0 Å². The van der Waals surface area contributed by atoms with E-state index < -0.39 is 26.5 Å². The SMILES string of the molecule is COc1cc(C(=O)Nc2ccc(S(=O)(=O)NC3CCCCC3)cc2)c([N+](=O)[O-])cc1OC. The van der Waals surface area contributed by atoms with Crippen molar-refractivity contribution < 1.29 is 27.6 Å². The van der Waals surface area contributed by atoms with Crippen LogP contribution in [0.5, 0.6) is 11.5 Å². The first-order valence-electron chi connectivity index (χ1n) is 10.1. The molecular formula is C21H25N3O7S. The molecule has 1 aliphatic carbocycles. The number of hydrogen-bond donors (Lipinski definition) is 2. The summed E-state index contributed by atoms with van der Waals surface area (Å²) in [6.07, 6.45) is 4.75. The van der Waals surface area contributed by atoms with Crippen molar-refractivity contribution in [2.75, 3.05) is 19.5 Å². The Labute approximate surface area is 186 Å². The van der Waals surface area contributed by atoms with Gasteiger partial charge in [-0.25, -0.2) is 13.1 Å². The standard InChI is InChI=1S/C21H25N3O7S/c1-30-19-12-17(18(24(26)27)13-20(19)31-2)21(25)22-14-8-10-16(11-9-14)32(28,29)23-15-6-4-3-5-7-15/h8-13,15,23H,3-7H2,1-2H3,(H,22,25). The van der Waals surface area contributed by atoms with Crippen LogP contribution in [0.1, 0.15) is 42.5 Å². The third-order valence-electron chi connectivity index (χ3n) is 5.29. The summed E-state index contributed by atoms with van der Waals surface area (Å²) in [5.74, 6) is -0.456. The van der Waals surface area contributed by atoms with Crippen molar-refractivity contribution in [2.45, 2.75) is 43.0 Å². The van der Waals surface area contributed by atoms with Gasteiger partial charge in [-0.15, -0.1) is 0 Å². The average molecular weight is 464 g/mol. The summed E-state index contributed by atoms with van der Waals surface area (Å²) in [6, 6.07) is 7.88. The zero-order valence-electron chi connectivity index (χ0n) is 17.8. The van der Waals surface area contributed by atoms with Crippen LogP contribution < -0.4 is 19.5 Å². The first kappa shape index (κ1) is 23.5. The van der Waals surface area contributed by atoms with Gasteiger partial charge in [-0.2, -0.15) is 0 Å². The lowest BCUT2D eigenvalue weighted by Crippen LogP contribution is -2.36. The highest BCUT2D eigenvalue weighted by molar-refractivity contribution is 7.89. The molecule has 0 bridgehead atoms. The van der Waals surface area contributed by atoms with Crippen molar-refractivity contribution in [2.24, 2.45) is 0 Å². The topological polar surface area (TPSA) is 137 Å². The van der Waals surface area contributed by atoms with E-state index in [2.05, 4.69) is 10.0 Å². The molecule has 1 aliphatic rings. The van der Waals surface area contributed by atoms with Crippen LogP contribution in [0, 0.1) is 10.1 Å². The first-order chi connectivity index (χ1) is 15.2. The van der Waals surface area contributed by atoms with Crippen molar-refractivity contribution in [1.82, 2.24) is 4.72 Å². The Kier molecular flexibility index (Phi) is 7.31. The number of methoxy groups -OCH3 is 2. The van der Waals surface area contributed by atoms with Gasteiger partial charge in [0, 0.05) is 17.8 Å². The highest BCUT2D eigenvalue weighted by Gasteiger charge is 2.25. The van der Waals surface area contributed by atoms with Crippen molar-refractivity contribution in [1.29, 1.82) is 0 Å². The summed E-state index contributed by atoms with van der Waals surface area (Å²) in [6.45, 7) is 0. The number of nitrogens with one attached hydrogen (secondary N) is 2. The van der Waals surface area contributed by atoms with Crippen LogP contribution >= 0.6 is 0 Å². The van der Waals surface area contributed by atoms with Crippen LogP contribution in [-0.4, -0.2) is 39.5 Å². The molecule has 3 rings (SSSR count). The maximum atomic E-state index is 12.7. The van der Waals surface area contributed by atoms with Gasteiger partial charge in [0.2, 0.25) is 10.0 Å².